The van der Waals surface area contributed by atoms with Crippen LogP contribution in [0.3, 0.4) is 0 Å². The van der Waals surface area contributed by atoms with E-state index in [0.717, 1.165) is 26.1 Å². The molecule has 2 amide bonds. The highest BCUT2D eigenvalue weighted by molar-refractivity contribution is 5.95. The molecule has 2 saturated heterocycles. The van der Waals surface area contributed by atoms with Crippen molar-refractivity contribution in [2.24, 2.45) is 4.99 Å². The van der Waals surface area contributed by atoms with Crippen molar-refractivity contribution in [3.63, 3.8) is 0 Å². The summed E-state index contributed by atoms with van der Waals surface area (Å²) < 4.78 is 10.2. The summed E-state index contributed by atoms with van der Waals surface area (Å²) in [5.74, 6) is -0.0578. The summed E-state index contributed by atoms with van der Waals surface area (Å²) in [6.07, 6.45) is 1.64. The number of ether oxygens (including phenoxy) is 2. The van der Waals surface area contributed by atoms with E-state index < -0.39 is 11.6 Å². The minimum absolute atomic E-state index is 0.179. The molecule has 10 heteroatoms. The Morgan fingerprint density at radius 2 is 1.90 bits per heavy atom. The number of likely N-dealkylation sites (tertiary alicyclic amines) is 1. The van der Waals surface area contributed by atoms with E-state index >= 15 is 0 Å². The van der Waals surface area contributed by atoms with Gasteiger partial charge < -0.3 is 24.6 Å². The lowest BCUT2D eigenvalue weighted by atomic mass is 9.89. The zero-order valence-electron chi connectivity index (χ0n) is 17.4. The monoisotopic (exact) mass is 408 g/mol. The van der Waals surface area contributed by atoms with E-state index in [9.17, 15) is 14.9 Å². The molecule has 0 atom stereocenters. The van der Waals surface area contributed by atoms with E-state index in [1.54, 1.807) is 6.92 Å². The molecule has 29 heavy (non-hydrogen) atoms. The molecule has 2 N–H and O–H groups in total. The van der Waals surface area contributed by atoms with Crippen LogP contribution in [0.1, 0.15) is 33.1 Å². The maximum atomic E-state index is 12.5. The van der Waals surface area contributed by atoms with Gasteiger partial charge in [-0.05, 0) is 32.7 Å². The third-order valence-corrected chi connectivity index (χ3v) is 5.01. The topological polar surface area (TPSA) is 119 Å². The fourth-order valence-electron chi connectivity index (χ4n) is 3.44. The number of alkyl carbamates (subject to hydrolysis) is 1. The Bertz CT molecular complexity index is 619. The fourth-order valence-corrected chi connectivity index (χ4v) is 3.44. The molecule has 0 bridgehead atoms. The molecular formula is C19H32N6O4. The molecule has 0 aromatic heterocycles. The molecule has 0 unspecified atom stereocenters. The van der Waals surface area contributed by atoms with E-state index in [2.05, 4.69) is 33.5 Å². The van der Waals surface area contributed by atoms with Gasteiger partial charge >= 0.3 is 6.09 Å². The highest BCUT2D eigenvalue weighted by atomic mass is 16.5. The number of rotatable bonds is 6. The molecule has 10 nitrogen and oxygen atoms in total. The van der Waals surface area contributed by atoms with E-state index in [1.165, 1.54) is 0 Å². The fraction of sp³-hybridized carbons (Fsp3) is 0.789. The summed E-state index contributed by atoms with van der Waals surface area (Å²) in [6, 6.07) is 2.29. The van der Waals surface area contributed by atoms with Crippen molar-refractivity contribution in [1.29, 1.82) is 5.26 Å². The lowest BCUT2D eigenvalue weighted by Crippen LogP contribution is -2.55. The number of nitrogens with one attached hydrogen (secondary N) is 2. The van der Waals surface area contributed by atoms with Gasteiger partial charge in [-0.2, -0.15) is 5.26 Å². The zero-order chi connectivity index (χ0) is 21.1. The number of morpholine rings is 1. The first-order chi connectivity index (χ1) is 14.0. The Morgan fingerprint density at radius 3 is 2.48 bits per heavy atom. The molecule has 2 heterocycles. The van der Waals surface area contributed by atoms with E-state index in [4.69, 9.17) is 9.47 Å². The summed E-state index contributed by atoms with van der Waals surface area (Å²) in [6.45, 7) is 8.62. The van der Waals surface area contributed by atoms with Crippen LogP contribution in [0, 0.1) is 11.3 Å². The van der Waals surface area contributed by atoms with Gasteiger partial charge in [0.15, 0.2) is 0 Å². The van der Waals surface area contributed by atoms with Gasteiger partial charge in [-0.1, -0.05) is 6.92 Å². The second-order valence-electron chi connectivity index (χ2n) is 7.17. The Balaban J connectivity index is 1.96. The summed E-state index contributed by atoms with van der Waals surface area (Å²) in [5, 5.41) is 15.1. The predicted molar refractivity (Wildman–Crippen MR) is 107 cm³/mol. The molecule has 162 valence electrons. The van der Waals surface area contributed by atoms with Gasteiger partial charge in [0.05, 0.1) is 25.9 Å². The van der Waals surface area contributed by atoms with Gasteiger partial charge in [-0.15, -0.1) is 0 Å². The number of carbonyl (C=O) groups is 2. The highest BCUT2D eigenvalue weighted by Crippen LogP contribution is 2.21. The number of piperidine rings is 1. The van der Waals surface area contributed by atoms with E-state index in [1.807, 2.05) is 4.90 Å². The van der Waals surface area contributed by atoms with Gasteiger partial charge in [0.25, 0.3) is 0 Å². The molecule has 0 aromatic carbocycles. The molecule has 0 spiro atoms. The second-order valence-corrected chi connectivity index (χ2v) is 7.17. The number of guanidine groups is 1. The quantitative estimate of drug-likeness (QED) is 0.479. The molecule has 2 aliphatic rings. The average molecular weight is 409 g/mol. The van der Waals surface area contributed by atoms with Gasteiger partial charge in [0, 0.05) is 26.2 Å². The number of hydrogen-bond donors (Lipinski definition) is 2. The molecule has 2 rings (SSSR count). The van der Waals surface area contributed by atoms with Crippen LogP contribution in [0.25, 0.3) is 0 Å². The van der Waals surface area contributed by atoms with Gasteiger partial charge in [-0.25, -0.2) is 9.79 Å². The lowest BCUT2D eigenvalue weighted by Gasteiger charge is -2.37. The Labute approximate surface area is 172 Å². The number of nitriles is 1. The van der Waals surface area contributed by atoms with Crippen molar-refractivity contribution in [3.8, 4) is 6.07 Å². The minimum atomic E-state index is -0.857. The summed E-state index contributed by atoms with van der Waals surface area (Å²) >= 11 is 0. The standard InChI is InChI=1S/C19H32N6O4/c1-3-7-24-8-5-19(15-20,6-9-24)23-16(26)14-21-17(22-18(27)29-4-2)25-10-12-28-13-11-25/h3-14H2,1-2H3,(H,23,26)(H,21,22,27). The average Bonchev–Trinajstić information content (AvgIpc) is 2.73. The Morgan fingerprint density at radius 1 is 1.21 bits per heavy atom. The molecule has 0 aromatic rings. The van der Waals surface area contributed by atoms with Crippen LogP contribution in [0.5, 0.6) is 0 Å². The van der Waals surface area contributed by atoms with Crippen LogP contribution >= 0.6 is 0 Å². The van der Waals surface area contributed by atoms with Crippen LogP contribution in [0.4, 0.5) is 4.79 Å². The Hall–Kier alpha value is -2.38. The SMILES string of the molecule is CCCN1CCC(C#N)(NC(=O)CN=C(NC(=O)OCC)N2CCOCC2)CC1. The number of nitrogens with zero attached hydrogens (tertiary/aromatic N) is 4. The van der Waals surface area contributed by atoms with Crippen LogP contribution in [-0.2, 0) is 14.3 Å². The largest absolute Gasteiger partial charge is 0.450 e. The van der Waals surface area contributed by atoms with Gasteiger partial charge in [0.1, 0.15) is 12.1 Å². The van der Waals surface area contributed by atoms with Crippen molar-refractivity contribution < 1.29 is 19.1 Å². The third kappa shape index (κ3) is 7.18. The zero-order valence-corrected chi connectivity index (χ0v) is 17.4. The van der Waals surface area contributed by atoms with E-state index in [0.29, 0.717) is 39.1 Å². The van der Waals surface area contributed by atoms with E-state index in [-0.39, 0.29) is 25.0 Å². The third-order valence-electron chi connectivity index (χ3n) is 5.01. The number of amides is 2. The normalized spacial score (nSPS) is 19.9. The van der Waals surface area contributed by atoms with Crippen molar-refractivity contribution in [2.75, 3.05) is 59.1 Å². The van der Waals surface area contributed by atoms with Crippen LogP contribution in [0.2, 0.25) is 0 Å². The molecule has 2 fully saturated rings. The van der Waals surface area contributed by atoms with Crippen molar-refractivity contribution in [1.82, 2.24) is 20.4 Å². The molecule has 0 saturated carbocycles. The lowest BCUT2D eigenvalue weighted by molar-refractivity contribution is -0.121. The van der Waals surface area contributed by atoms with Crippen molar-refractivity contribution in [3.05, 3.63) is 0 Å². The summed E-state index contributed by atoms with van der Waals surface area (Å²) in [7, 11) is 0. The van der Waals surface area contributed by atoms with Gasteiger partial charge in [0.2, 0.25) is 11.9 Å². The number of hydrogen-bond acceptors (Lipinski definition) is 7. The highest BCUT2D eigenvalue weighted by Gasteiger charge is 2.35. The predicted octanol–water partition coefficient (Wildman–Crippen LogP) is 0.305. The molecule has 2 aliphatic heterocycles. The molecule has 0 radical (unpaired) electrons. The molecular weight excluding hydrogens is 376 g/mol. The first-order valence-electron chi connectivity index (χ1n) is 10.3. The van der Waals surface area contributed by atoms with Crippen molar-refractivity contribution >= 4 is 18.0 Å². The Kier molecular flexibility index (Phi) is 9.15. The maximum absolute atomic E-state index is 12.5. The summed E-state index contributed by atoms with van der Waals surface area (Å²) in [5.41, 5.74) is -0.857. The summed E-state index contributed by atoms with van der Waals surface area (Å²) in [4.78, 5) is 32.8. The second kappa shape index (κ2) is 11.6. The van der Waals surface area contributed by atoms with Gasteiger partial charge in [-0.3, -0.25) is 10.1 Å². The van der Waals surface area contributed by atoms with Crippen molar-refractivity contribution in [2.45, 2.75) is 38.6 Å². The van der Waals surface area contributed by atoms with Crippen LogP contribution < -0.4 is 10.6 Å². The van der Waals surface area contributed by atoms with Crippen LogP contribution in [0.15, 0.2) is 4.99 Å². The minimum Gasteiger partial charge on any atom is -0.450 e. The first kappa shape index (κ1) is 22.9. The van der Waals surface area contributed by atoms with Crippen LogP contribution in [-0.4, -0.2) is 92.4 Å². The first-order valence-corrected chi connectivity index (χ1v) is 10.3. The molecule has 0 aliphatic carbocycles. The smallest absolute Gasteiger partial charge is 0.413 e. The number of carbonyl (C=O) groups excluding carboxylic acids is 2. The number of aliphatic imine (C=N–C) groups is 1. The maximum Gasteiger partial charge on any atom is 0.413 e.